The molecule has 2 fully saturated rings. The molecule has 2 saturated heterocycles. The van der Waals surface area contributed by atoms with Gasteiger partial charge in [0.25, 0.3) is 0 Å². The van der Waals surface area contributed by atoms with Crippen molar-refractivity contribution >= 4 is 11.8 Å². The van der Waals surface area contributed by atoms with Gasteiger partial charge in [0, 0.05) is 36.7 Å². The smallest absolute Gasteiger partial charge is 0.0963 e. The lowest BCUT2D eigenvalue weighted by molar-refractivity contribution is -0.0930. The highest BCUT2D eigenvalue weighted by molar-refractivity contribution is 8.00. The first kappa shape index (κ1) is 14.6. The first-order valence-electron chi connectivity index (χ1n) is 7.14. The molecule has 0 aromatic heterocycles. The molecular weight excluding hydrogens is 246 g/mol. The number of ether oxygens (including phenoxy) is 2. The first-order chi connectivity index (χ1) is 8.54. The summed E-state index contributed by atoms with van der Waals surface area (Å²) in [5, 5.41) is 0. The monoisotopic (exact) mass is 273 g/mol. The number of nitrogens with zero attached hydrogens (tertiary/aromatic N) is 1. The van der Waals surface area contributed by atoms with Crippen LogP contribution in [0.15, 0.2) is 0 Å². The zero-order chi connectivity index (χ0) is 13.0. The van der Waals surface area contributed by atoms with Crippen LogP contribution in [-0.4, -0.2) is 60.5 Å². The van der Waals surface area contributed by atoms with Crippen molar-refractivity contribution in [3.05, 3.63) is 0 Å². The minimum absolute atomic E-state index is 0.306. The fourth-order valence-corrected chi connectivity index (χ4v) is 3.50. The van der Waals surface area contributed by atoms with Crippen LogP contribution in [0.2, 0.25) is 0 Å². The van der Waals surface area contributed by atoms with Crippen LogP contribution in [0.4, 0.5) is 0 Å². The van der Waals surface area contributed by atoms with Crippen LogP contribution in [-0.2, 0) is 9.47 Å². The summed E-state index contributed by atoms with van der Waals surface area (Å²) in [5.41, 5.74) is 0. The number of rotatable bonds is 4. The molecule has 2 heterocycles. The molecule has 106 valence electrons. The van der Waals surface area contributed by atoms with Gasteiger partial charge in [-0.1, -0.05) is 20.8 Å². The maximum absolute atomic E-state index is 5.87. The van der Waals surface area contributed by atoms with E-state index in [1.54, 1.807) is 0 Å². The molecule has 2 aliphatic rings. The quantitative estimate of drug-likeness (QED) is 0.784. The van der Waals surface area contributed by atoms with Gasteiger partial charge >= 0.3 is 0 Å². The highest BCUT2D eigenvalue weighted by atomic mass is 32.2. The SMILES string of the molecule is CC(C)(C)SCCN1CCOC(C2CCCO2)C1. The lowest BCUT2D eigenvalue weighted by Gasteiger charge is -2.35. The number of morpholine rings is 1. The predicted octanol–water partition coefficient (Wildman–Crippen LogP) is 2.40. The molecule has 0 aliphatic carbocycles. The standard InChI is InChI=1S/C14H27NO2S/c1-14(2,3)18-10-7-15-6-9-17-13(11-15)12-5-4-8-16-12/h12-13H,4-11H2,1-3H3. The zero-order valence-electron chi connectivity index (χ0n) is 12.0. The largest absolute Gasteiger partial charge is 0.375 e. The van der Waals surface area contributed by atoms with Gasteiger partial charge in [0.05, 0.1) is 18.8 Å². The maximum atomic E-state index is 5.87. The Hall–Kier alpha value is 0.230. The van der Waals surface area contributed by atoms with Crippen LogP contribution >= 0.6 is 11.8 Å². The van der Waals surface area contributed by atoms with Crippen molar-refractivity contribution in [2.24, 2.45) is 0 Å². The van der Waals surface area contributed by atoms with Gasteiger partial charge in [-0.15, -0.1) is 0 Å². The average Bonchev–Trinajstić information content (AvgIpc) is 2.81. The van der Waals surface area contributed by atoms with Gasteiger partial charge in [-0.2, -0.15) is 11.8 Å². The average molecular weight is 273 g/mol. The Morgan fingerprint density at radius 3 is 2.61 bits per heavy atom. The molecule has 0 bridgehead atoms. The summed E-state index contributed by atoms with van der Waals surface area (Å²) in [5.74, 6) is 1.21. The van der Waals surface area contributed by atoms with Gasteiger partial charge in [-0.05, 0) is 12.8 Å². The molecule has 2 unspecified atom stereocenters. The molecule has 4 heteroatoms. The van der Waals surface area contributed by atoms with Gasteiger partial charge in [-0.3, -0.25) is 4.90 Å². The summed E-state index contributed by atoms with van der Waals surface area (Å²) in [6, 6.07) is 0. The van der Waals surface area contributed by atoms with Crippen LogP contribution in [0, 0.1) is 0 Å². The third-order valence-corrected chi connectivity index (χ3v) is 4.75. The second-order valence-electron chi connectivity index (χ2n) is 6.22. The highest BCUT2D eigenvalue weighted by Gasteiger charge is 2.30. The molecule has 0 radical (unpaired) electrons. The Morgan fingerprint density at radius 1 is 1.17 bits per heavy atom. The fraction of sp³-hybridized carbons (Fsp3) is 1.00. The molecular formula is C14H27NO2S. The van der Waals surface area contributed by atoms with Crippen LogP contribution in [0.5, 0.6) is 0 Å². The molecule has 0 amide bonds. The minimum atomic E-state index is 0.306. The van der Waals surface area contributed by atoms with Crippen molar-refractivity contribution in [2.45, 2.75) is 50.6 Å². The summed E-state index contributed by atoms with van der Waals surface area (Å²) in [4.78, 5) is 2.54. The van der Waals surface area contributed by atoms with Crippen molar-refractivity contribution in [3.63, 3.8) is 0 Å². The summed E-state index contributed by atoms with van der Waals surface area (Å²) in [6.45, 7) is 11.9. The Kier molecular flexibility index (Phi) is 5.36. The number of hydrogen-bond donors (Lipinski definition) is 0. The van der Waals surface area contributed by atoms with Gasteiger partial charge < -0.3 is 9.47 Å². The van der Waals surface area contributed by atoms with E-state index in [1.165, 1.54) is 25.1 Å². The zero-order valence-corrected chi connectivity index (χ0v) is 12.8. The van der Waals surface area contributed by atoms with E-state index in [4.69, 9.17) is 9.47 Å². The Morgan fingerprint density at radius 2 is 1.94 bits per heavy atom. The molecule has 0 spiro atoms. The van der Waals surface area contributed by atoms with E-state index >= 15 is 0 Å². The normalized spacial score (nSPS) is 30.8. The molecule has 2 aliphatic heterocycles. The maximum Gasteiger partial charge on any atom is 0.0963 e. The van der Waals surface area contributed by atoms with Crippen molar-refractivity contribution in [1.29, 1.82) is 0 Å². The Labute approximate surface area is 116 Å². The second-order valence-corrected chi connectivity index (χ2v) is 8.14. The van der Waals surface area contributed by atoms with Gasteiger partial charge in [0.15, 0.2) is 0 Å². The van der Waals surface area contributed by atoms with Crippen molar-refractivity contribution in [1.82, 2.24) is 4.90 Å². The lowest BCUT2D eigenvalue weighted by Crippen LogP contribution is -2.48. The summed E-state index contributed by atoms with van der Waals surface area (Å²) in [6.07, 6.45) is 3.03. The van der Waals surface area contributed by atoms with Crippen molar-refractivity contribution in [3.8, 4) is 0 Å². The summed E-state index contributed by atoms with van der Waals surface area (Å²) < 4.78 is 12.0. The molecule has 2 atom stereocenters. The predicted molar refractivity (Wildman–Crippen MR) is 77.4 cm³/mol. The fourth-order valence-electron chi connectivity index (χ4n) is 2.54. The van der Waals surface area contributed by atoms with E-state index in [0.717, 1.165) is 26.3 Å². The highest BCUT2D eigenvalue weighted by Crippen LogP contribution is 2.24. The van der Waals surface area contributed by atoms with E-state index in [0.29, 0.717) is 17.0 Å². The molecule has 18 heavy (non-hydrogen) atoms. The molecule has 2 rings (SSSR count). The van der Waals surface area contributed by atoms with Crippen molar-refractivity contribution < 1.29 is 9.47 Å². The molecule has 0 N–H and O–H groups in total. The van der Waals surface area contributed by atoms with E-state index in [9.17, 15) is 0 Å². The molecule has 0 aromatic carbocycles. The van der Waals surface area contributed by atoms with Crippen LogP contribution in [0.1, 0.15) is 33.6 Å². The third kappa shape index (κ3) is 4.72. The number of thioether (sulfide) groups is 1. The van der Waals surface area contributed by atoms with Crippen LogP contribution < -0.4 is 0 Å². The third-order valence-electron chi connectivity index (χ3n) is 3.50. The van der Waals surface area contributed by atoms with E-state index in [1.807, 2.05) is 11.8 Å². The first-order valence-corrected chi connectivity index (χ1v) is 8.13. The molecule has 3 nitrogen and oxygen atoms in total. The molecule has 0 aromatic rings. The Balaban J connectivity index is 1.69. The van der Waals surface area contributed by atoms with Gasteiger partial charge in [0.2, 0.25) is 0 Å². The van der Waals surface area contributed by atoms with E-state index in [-0.39, 0.29) is 0 Å². The summed E-state index contributed by atoms with van der Waals surface area (Å²) in [7, 11) is 0. The van der Waals surface area contributed by atoms with E-state index in [2.05, 4.69) is 25.7 Å². The topological polar surface area (TPSA) is 21.7 Å². The Bertz CT molecular complexity index is 249. The lowest BCUT2D eigenvalue weighted by atomic mass is 10.1. The number of hydrogen-bond acceptors (Lipinski definition) is 4. The minimum Gasteiger partial charge on any atom is -0.375 e. The van der Waals surface area contributed by atoms with Gasteiger partial charge in [0.1, 0.15) is 0 Å². The van der Waals surface area contributed by atoms with Gasteiger partial charge in [-0.25, -0.2) is 0 Å². The summed E-state index contributed by atoms with van der Waals surface area (Å²) >= 11 is 2.05. The molecule has 0 saturated carbocycles. The van der Waals surface area contributed by atoms with E-state index < -0.39 is 0 Å². The second kappa shape index (κ2) is 6.60. The van der Waals surface area contributed by atoms with Crippen LogP contribution in [0.3, 0.4) is 0 Å². The van der Waals surface area contributed by atoms with Crippen LogP contribution in [0.25, 0.3) is 0 Å². The van der Waals surface area contributed by atoms with Crippen molar-refractivity contribution in [2.75, 3.05) is 38.6 Å².